The van der Waals surface area contributed by atoms with Gasteiger partial charge in [0.25, 0.3) is 0 Å². The van der Waals surface area contributed by atoms with Gasteiger partial charge in [0.1, 0.15) is 12.1 Å². The maximum atomic E-state index is 12.1. The van der Waals surface area contributed by atoms with E-state index < -0.39 is 66.9 Å². The van der Waals surface area contributed by atoms with Crippen LogP contribution in [0.4, 0.5) is 0 Å². The summed E-state index contributed by atoms with van der Waals surface area (Å²) in [6.07, 6.45) is -2.25. The lowest BCUT2D eigenvalue weighted by molar-refractivity contribution is -0.144. The van der Waals surface area contributed by atoms with Gasteiger partial charge in [-0.25, -0.2) is 4.79 Å². The van der Waals surface area contributed by atoms with Gasteiger partial charge in [-0.15, -0.1) is 0 Å². The summed E-state index contributed by atoms with van der Waals surface area (Å²) in [5.41, 5.74) is 5.31. The zero-order valence-corrected chi connectivity index (χ0v) is 14.4. The Morgan fingerprint density at radius 3 is 2.00 bits per heavy atom. The number of aliphatic hydroxyl groups is 1. The number of aliphatic carboxylic acids is 2. The van der Waals surface area contributed by atoms with E-state index in [1.54, 1.807) is 0 Å². The zero-order valence-electron chi connectivity index (χ0n) is 14.4. The summed E-state index contributed by atoms with van der Waals surface area (Å²) in [6, 6.07) is -3.85. The van der Waals surface area contributed by atoms with Crippen LogP contribution in [0.3, 0.4) is 0 Å². The molecule has 0 radical (unpaired) electrons. The van der Waals surface area contributed by atoms with Gasteiger partial charge in [-0.2, -0.15) is 0 Å². The molecule has 0 aliphatic rings. The van der Waals surface area contributed by atoms with Crippen LogP contribution >= 0.6 is 0 Å². The molecule has 26 heavy (non-hydrogen) atoms. The van der Waals surface area contributed by atoms with Crippen LogP contribution in [0.5, 0.6) is 0 Å². The van der Waals surface area contributed by atoms with Crippen molar-refractivity contribution in [2.24, 2.45) is 5.73 Å². The molecule has 0 aliphatic carbocycles. The van der Waals surface area contributed by atoms with Crippen molar-refractivity contribution in [1.29, 1.82) is 0 Å². The number of amides is 3. The molecule has 8 N–H and O–H groups in total. The molecule has 148 valence electrons. The van der Waals surface area contributed by atoms with Crippen molar-refractivity contribution >= 4 is 29.7 Å². The third-order valence-electron chi connectivity index (χ3n) is 3.18. The predicted molar refractivity (Wildman–Crippen MR) is 86.7 cm³/mol. The maximum Gasteiger partial charge on any atom is 0.326 e. The first-order valence-corrected chi connectivity index (χ1v) is 7.71. The van der Waals surface area contributed by atoms with Crippen LogP contribution in [0.2, 0.25) is 0 Å². The van der Waals surface area contributed by atoms with Crippen LogP contribution in [0.15, 0.2) is 0 Å². The number of aliphatic hydroxyl groups excluding tert-OH is 1. The Bertz CT molecular complexity index is 549. The minimum absolute atomic E-state index is 0.374. The Labute approximate surface area is 149 Å². The molecule has 4 atom stereocenters. The Morgan fingerprint density at radius 1 is 1.00 bits per heavy atom. The van der Waals surface area contributed by atoms with Crippen molar-refractivity contribution in [1.82, 2.24) is 16.0 Å². The van der Waals surface area contributed by atoms with Crippen LogP contribution in [-0.4, -0.2) is 75.8 Å². The van der Waals surface area contributed by atoms with Gasteiger partial charge in [-0.3, -0.25) is 19.2 Å². The molecular formula is C14H24N4O8. The van der Waals surface area contributed by atoms with Crippen LogP contribution in [0.25, 0.3) is 0 Å². The second-order valence-corrected chi connectivity index (χ2v) is 5.62. The highest BCUT2D eigenvalue weighted by Gasteiger charge is 2.30. The number of hydrogen-bond donors (Lipinski definition) is 7. The van der Waals surface area contributed by atoms with Gasteiger partial charge in [-0.1, -0.05) is 0 Å². The van der Waals surface area contributed by atoms with Crippen molar-refractivity contribution in [3.05, 3.63) is 0 Å². The molecule has 12 nitrogen and oxygen atoms in total. The first-order valence-electron chi connectivity index (χ1n) is 7.71. The molecule has 0 aromatic heterocycles. The average molecular weight is 376 g/mol. The standard InChI is InChI=1S/C14H24N4O8/c1-6(15)12(23)16-5-9(20)18-11(7(2)19)13(24)17-8(14(25)26)3-4-10(21)22/h6-8,11,19H,3-5,15H2,1-2H3,(H,16,23)(H,17,24)(H,18,20)(H,21,22)(H,25,26). The summed E-state index contributed by atoms with van der Waals surface area (Å²) in [5.74, 6) is -5.12. The molecule has 0 fully saturated rings. The molecule has 0 aliphatic heterocycles. The van der Waals surface area contributed by atoms with Gasteiger partial charge in [0, 0.05) is 6.42 Å². The number of rotatable bonds is 11. The Balaban J connectivity index is 4.82. The summed E-state index contributed by atoms with van der Waals surface area (Å²) in [6.45, 7) is 2.10. The van der Waals surface area contributed by atoms with Gasteiger partial charge in [0.2, 0.25) is 17.7 Å². The highest BCUT2D eigenvalue weighted by molar-refractivity contribution is 5.92. The summed E-state index contributed by atoms with van der Waals surface area (Å²) in [7, 11) is 0. The normalized spacial score (nSPS) is 15.1. The Morgan fingerprint density at radius 2 is 1.58 bits per heavy atom. The number of carbonyl (C=O) groups is 5. The van der Waals surface area contributed by atoms with Crippen molar-refractivity contribution in [2.75, 3.05) is 6.54 Å². The third kappa shape index (κ3) is 8.94. The molecule has 0 rings (SSSR count). The van der Waals surface area contributed by atoms with Crippen LogP contribution in [0, 0.1) is 0 Å². The second-order valence-electron chi connectivity index (χ2n) is 5.62. The van der Waals surface area contributed by atoms with E-state index in [0.29, 0.717) is 0 Å². The monoisotopic (exact) mass is 376 g/mol. The largest absolute Gasteiger partial charge is 0.481 e. The van der Waals surface area contributed by atoms with Crippen molar-refractivity contribution in [3.63, 3.8) is 0 Å². The first kappa shape index (κ1) is 23.3. The second kappa shape index (κ2) is 11.0. The number of nitrogens with two attached hydrogens (primary N) is 1. The lowest BCUT2D eigenvalue weighted by Gasteiger charge is -2.23. The van der Waals surface area contributed by atoms with Gasteiger partial charge in [0.05, 0.1) is 18.7 Å². The highest BCUT2D eigenvalue weighted by atomic mass is 16.4. The van der Waals surface area contributed by atoms with Gasteiger partial charge in [-0.05, 0) is 20.3 Å². The Hall–Kier alpha value is -2.73. The average Bonchev–Trinajstić information content (AvgIpc) is 2.52. The third-order valence-corrected chi connectivity index (χ3v) is 3.18. The van der Waals surface area contributed by atoms with Gasteiger partial charge in [0.15, 0.2) is 0 Å². The number of carboxylic acids is 2. The van der Waals surface area contributed by atoms with Crippen LogP contribution in [0.1, 0.15) is 26.7 Å². The first-order chi connectivity index (χ1) is 12.0. The molecule has 12 heteroatoms. The Kier molecular flexibility index (Phi) is 9.84. The number of nitrogens with one attached hydrogen (secondary N) is 3. The number of carboxylic acid groups (broad SMARTS) is 2. The lowest BCUT2D eigenvalue weighted by atomic mass is 10.1. The molecule has 3 amide bonds. The van der Waals surface area contributed by atoms with Crippen LogP contribution < -0.4 is 21.7 Å². The predicted octanol–water partition coefficient (Wildman–Crippen LogP) is -3.25. The minimum Gasteiger partial charge on any atom is -0.481 e. The molecular weight excluding hydrogens is 352 g/mol. The molecule has 0 aromatic carbocycles. The molecule has 0 spiro atoms. The fourth-order valence-corrected chi connectivity index (χ4v) is 1.74. The fourth-order valence-electron chi connectivity index (χ4n) is 1.74. The molecule has 4 unspecified atom stereocenters. The summed E-state index contributed by atoms with van der Waals surface area (Å²) < 4.78 is 0. The van der Waals surface area contributed by atoms with E-state index in [1.807, 2.05) is 0 Å². The quantitative estimate of drug-likeness (QED) is 0.193. The van der Waals surface area contributed by atoms with Crippen LogP contribution in [-0.2, 0) is 24.0 Å². The van der Waals surface area contributed by atoms with E-state index in [1.165, 1.54) is 13.8 Å². The fraction of sp³-hybridized carbons (Fsp3) is 0.643. The molecule has 0 saturated heterocycles. The zero-order chi connectivity index (χ0) is 20.4. The van der Waals surface area contributed by atoms with E-state index >= 15 is 0 Å². The van der Waals surface area contributed by atoms with E-state index in [0.717, 1.165) is 0 Å². The molecule has 0 heterocycles. The number of hydrogen-bond acceptors (Lipinski definition) is 7. The van der Waals surface area contributed by atoms with E-state index in [9.17, 15) is 29.1 Å². The van der Waals surface area contributed by atoms with E-state index in [-0.39, 0.29) is 6.42 Å². The summed E-state index contributed by atoms with van der Waals surface area (Å²) in [5, 5.41) is 33.7. The molecule has 0 bridgehead atoms. The van der Waals surface area contributed by atoms with Crippen molar-refractivity contribution < 1.29 is 39.3 Å². The van der Waals surface area contributed by atoms with E-state index in [4.69, 9.17) is 15.9 Å². The van der Waals surface area contributed by atoms with Gasteiger partial charge >= 0.3 is 11.9 Å². The van der Waals surface area contributed by atoms with Gasteiger partial charge < -0.3 is 37.0 Å². The smallest absolute Gasteiger partial charge is 0.326 e. The lowest BCUT2D eigenvalue weighted by Crippen LogP contribution is -2.57. The van der Waals surface area contributed by atoms with Crippen molar-refractivity contribution in [2.45, 2.75) is 50.9 Å². The summed E-state index contributed by atoms with van der Waals surface area (Å²) in [4.78, 5) is 56.8. The topological polar surface area (TPSA) is 208 Å². The van der Waals surface area contributed by atoms with E-state index in [2.05, 4.69) is 16.0 Å². The maximum absolute atomic E-state index is 12.1. The SMILES string of the molecule is CC(N)C(=O)NCC(=O)NC(C(=O)NC(CCC(=O)O)C(=O)O)C(C)O. The number of carbonyl (C=O) groups excluding carboxylic acids is 3. The molecule has 0 saturated carbocycles. The minimum atomic E-state index is -1.51. The van der Waals surface area contributed by atoms with Crippen molar-refractivity contribution in [3.8, 4) is 0 Å². The highest BCUT2D eigenvalue weighted by Crippen LogP contribution is 2.01. The molecule has 0 aromatic rings. The summed E-state index contributed by atoms with van der Waals surface area (Å²) >= 11 is 0.